The van der Waals surface area contributed by atoms with Gasteiger partial charge in [-0.15, -0.1) is 11.5 Å². The van der Waals surface area contributed by atoms with E-state index in [1.807, 2.05) is 0 Å². The summed E-state index contributed by atoms with van der Waals surface area (Å²) in [4.78, 5) is 3.92. The highest BCUT2D eigenvalue weighted by molar-refractivity contribution is 9.11. The van der Waals surface area contributed by atoms with Gasteiger partial charge in [0.2, 0.25) is 4.73 Å². The van der Waals surface area contributed by atoms with Crippen molar-refractivity contribution in [2.24, 2.45) is 0 Å². The first-order valence-corrected chi connectivity index (χ1v) is 4.02. The Kier molecular flexibility index (Phi) is 2.46. The summed E-state index contributed by atoms with van der Waals surface area (Å²) in [7, 11) is 0. The Labute approximate surface area is 75.1 Å². The molecule has 0 aromatic carbocycles. The summed E-state index contributed by atoms with van der Waals surface area (Å²) in [5.74, 6) is 2.45. The van der Waals surface area contributed by atoms with E-state index in [1.54, 1.807) is 4.68 Å². The van der Waals surface area contributed by atoms with Crippen LogP contribution in [0.15, 0.2) is 9.47 Å². The maximum Gasteiger partial charge on any atom is 0.218 e. The highest BCUT2D eigenvalue weighted by Crippen LogP contribution is 2.09. The molecule has 0 aliphatic carbocycles. The molecular weight excluding hydrogens is 262 g/mol. The first kappa shape index (κ1) is 7.76. The molecule has 0 saturated heterocycles. The molecule has 1 aromatic rings. The third-order valence-corrected chi connectivity index (χ3v) is 1.76. The van der Waals surface area contributed by atoms with Crippen molar-refractivity contribution >= 4 is 31.9 Å². The van der Waals surface area contributed by atoms with Gasteiger partial charge in [-0.3, -0.25) is 0 Å². The van der Waals surface area contributed by atoms with E-state index < -0.39 is 0 Å². The number of hydrogen-bond acceptors (Lipinski definition) is 2. The lowest BCUT2D eigenvalue weighted by Crippen LogP contribution is -1.97. The van der Waals surface area contributed by atoms with Crippen molar-refractivity contribution in [3.8, 4) is 12.3 Å². The summed E-state index contributed by atoms with van der Waals surface area (Å²) < 4.78 is 2.75. The average molecular weight is 265 g/mol. The molecule has 0 saturated carbocycles. The first-order valence-electron chi connectivity index (χ1n) is 2.43. The second kappa shape index (κ2) is 3.17. The molecule has 0 atom stereocenters. The monoisotopic (exact) mass is 263 g/mol. The molecule has 0 radical (unpaired) electrons. The van der Waals surface area contributed by atoms with Crippen LogP contribution in [0.2, 0.25) is 0 Å². The van der Waals surface area contributed by atoms with Crippen molar-refractivity contribution in [3.63, 3.8) is 0 Å². The quantitative estimate of drug-likeness (QED) is 0.719. The van der Waals surface area contributed by atoms with Crippen molar-refractivity contribution < 1.29 is 0 Å². The third kappa shape index (κ3) is 1.58. The van der Waals surface area contributed by atoms with Crippen LogP contribution >= 0.6 is 31.9 Å². The molecule has 10 heavy (non-hydrogen) atoms. The number of aromatic nitrogens is 3. The molecule has 5 heteroatoms. The van der Waals surface area contributed by atoms with Crippen LogP contribution in [0.5, 0.6) is 0 Å². The highest BCUT2D eigenvalue weighted by atomic mass is 79.9. The molecule has 0 aliphatic heterocycles. The van der Waals surface area contributed by atoms with E-state index in [0.717, 1.165) is 0 Å². The second-order valence-electron chi connectivity index (χ2n) is 1.51. The molecule has 0 aliphatic rings. The summed E-state index contributed by atoms with van der Waals surface area (Å²) in [6.07, 6.45) is 5.06. The van der Waals surface area contributed by atoms with Gasteiger partial charge in [-0.2, -0.15) is 4.98 Å². The maximum absolute atomic E-state index is 5.06. The van der Waals surface area contributed by atoms with Crippen LogP contribution in [0.3, 0.4) is 0 Å². The van der Waals surface area contributed by atoms with Gasteiger partial charge < -0.3 is 0 Å². The molecule has 1 rings (SSSR count). The SMILES string of the molecule is C#CCn1nc(Br)nc1Br. The normalized spacial score (nSPS) is 9.30. The van der Waals surface area contributed by atoms with Crippen LogP contribution in [0.1, 0.15) is 0 Å². The van der Waals surface area contributed by atoms with E-state index in [9.17, 15) is 0 Å². The van der Waals surface area contributed by atoms with Gasteiger partial charge >= 0.3 is 0 Å². The van der Waals surface area contributed by atoms with Crippen LogP contribution in [-0.4, -0.2) is 14.8 Å². The summed E-state index contributed by atoms with van der Waals surface area (Å²) in [6, 6.07) is 0. The minimum Gasteiger partial charge on any atom is -0.227 e. The standard InChI is InChI=1S/C5H3Br2N3/c1-2-3-10-5(7)8-4(6)9-10/h1H,3H2. The summed E-state index contributed by atoms with van der Waals surface area (Å²) in [5.41, 5.74) is 0. The van der Waals surface area contributed by atoms with Gasteiger partial charge in [-0.1, -0.05) is 5.92 Å². The van der Waals surface area contributed by atoms with Crippen LogP contribution in [0.4, 0.5) is 0 Å². The fourth-order valence-corrected chi connectivity index (χ4v) is 1.45. The minimum absolute atomic E-state index is 0.430. The van der Waals surface area contributed by atoms with E-state index in [2.05, 4.69) is 47.9 Å². The van der Waals surface area contributed by atoms with Crippen LogP contribution < -0.4 is 0 Å². The fourth-order valence-electron chi connectivity index (χ4n) is 0.484. The fraction of sp³-hybridized carbons (Fsp3) is 0.200. The van der Waals surface area contributed by atoms with Gasteiger partial charge in [0, 0.05) is 0 Å². The number of halogens is 2. The maximum atomic E-state index is 5.06. The van der Waals surface area contributed by atoms with Gasteiger partial charge in [-0.05, 0) is 31.9 Å². The smallest absolute Gasteiger partial charge is 0.218 e. The summed E-state index contributed by atoms with van der Waals surface area (Å²) in [5, 5.41) is 3.93. The predicted molar refractivity (Wildman–Crippen MR) is 44.3 cm³/mol. The molecule has 0 spiro atoms. The Hall–Kier alpha value is -0.340. The highest BCUT2D eigenvalue weighted by Gasteiger charge is 2.01. The van der Waals surface area contributed by atoms with Gasteiger partial charge in [0.1, 0.15) is 6.54 Å². The lowest BCUT2D eigenvalue weighted by Gasteiger charge is -1.90. The lowest BCUT2D eigenvalue weighted by atomic mass is 10.7. The minimum atomic E-state index is 0.430. The van der Waals surface area contributed by atoms with E-state index in [-0.39, 0.29) is 0 Å². The first-order chi connectivity index (χ1) is 4.74. The molecular formula is C5H3Br2N3. The predicted octanol–water partition coefficient (Wildman–Crippen LogP) is 1.44. The number of nitrogens with zero attached hydrogens (tertiary/aromatic N) is 3. The Balaban J connectivity index is 2.94. The number of hydrogen-bond donors (Lipinski definition) is 0. The van der Waals surface area contributed by atoms with E-state index in [4.69, 9.17) is 6.42 Å². The summed E-state index contributed by atoms with van der Waals surface area (Å²) >= 11 is 6.29. The van der Waals surface area contributed by atoms with Gasteiger partial charge in [-0.25, -0.2) is 4.68 Å². The molecule has 0 amide bonds. The molecule has 0 N–H and O–H groups in total. The number of rotatable bonds is 1. The molecule has 0 bridgehead atoms. The van der Waals surface area contributed by atoms with Gasteiger partial charge in [0.25, 0.3) is 0 Å². The molecule has 52 valence electrons. The van der Waals surface area contributed by atoms with Crippen molar-refractivity contribution in [1.29, 1.82) is 0 Å². The zero-order valence-electron chi connectivity index (χ0n) is 4.88. The molecule has 0 fully saturated rings. The Morgan fingerprint density at radius 3 is 2.70 bits per heavy atom. The topological polar surface area (TPSA) is 30.7 Å². The molecule has 1 aromatic heterocycles. The van der Waals surface area contributed by atoms with Crippen LogP contribution in [-0.2, 0) is 6.54 Å². The lowest BCUT2D eigenvalue weighted by molar-refractivity contribution is 0.691. The van der Waals surface area contributed by atoms with Crippen molar-refractivity contribution in [1.82, 2.24) is 14.8 Å². The molecule has 0 unspecified atom stereocenters. The van der Waals surface area contributed by atoms with E-state index >= 15 is 0 Å². The zero-order valence-corrected chi connectivity index (χ0v) is 8.05. The molecule has 1 heterocycles. The molecule has 3 nitrogen and oxygen atoms in total. The third-order valence-electron chi connectivity index (χ3n) is 0.842. The second-order valence-corrected chi connectivity index (χ2v) is 2.93. The van der Waals surface area contributed by atoms with Gasteiger partial charge in [0.15, 0.2) is 4.73 Å². The van der Waals surface area contributed by atoms with Crippen molar-refractivity contribution in [3.05, 3.63) is 9.47 Å². The zero-order chi connectivity index (χ0) is 7.56. The Morgan fingerprint density at radius 1 is 1.60 bits per heavy atom. The average Bonchev–Trinajstić information content (AvgIpc) is 2.13. The van der Waals surface area contributed by atoms with Crippen molar-refractivity contribution in [2.45, 2.75) is 6.54 Å². The van der Waals surface area contributed by atoms with Gasteiger partial charge in [0.05, 0.1) is 0 Å². The van der Waals surface area contributed by atoms with Crippen LogP contribution in [0.25, 0.3) is 0 Å². The van der Waals surface area contributed by atoms with Crippen LogP contribution in [0, 0.1) is 12.3 Å². The Bertz CT molecular complexity index is 273. The van der Waals surface area contributed by atoms with Crippen molar-refractivity contribution in [2.75, 3.05) is 0 Å². The largest absolute Gasteiger partial charge is 0.227 e. The number of terminal acetylenes is 1. The van der Waals surface area contributed by atoms with E-state index in [1.165, 1.54) is 0 Å². The Morgan fingerprint density at radius 2 is 2.30 bits per heavy atom. The van der Waals surface area contributed by atoms with E-state index in [0.29, 0.717) is 16.0 Å². The summed E-state index contributed by atoms with van der Waals surface area (Å²) in [6.45, 7) is 0.430.